The minimum absolute atomic E-state index is 0.254. The number of aryl methyl sites for hydroxylation is 1. The summed E-state index contributed by atoms with van der Waals surface area (Å²) >= 11 is 0. The molecule has 0 radical (unpaired) electrons. The topological polar surface area (TPSA) is 91.7 Å². The molecule has 0 saturated carbocycles. The Morgan fingerprint density at radius 1 is 0.967 bits per heavy atom. The fraction of sp³-hybridized carbons (Fsp3) is 0.227. The van der Waals surface area contributed by atoms with Crippen LogP contribution in [0.25, 0.3) is 11.3 Å². The van der Waals surface area contributed by atoms with Gasteiger partial charge in [0.05, 0.1) is 32.7 Å². The van der Waals surface area contributed by atoms with Crippen molar-refractivity contribution in [3.05, 3.63) is 64.4 Å². The number of hydrogen-bond donors (Lipinski definition) is 1. The molecule has 2 aromatic carbocycles. The number of rotatable bonds is 7. The molecule has 1 amide bonds. The Balaban J connectivity index is 1.89. The van der Waals surface area contributed by atoms with E-state index in [2.05, 4.69) is 10.4 Å². The Bertz CT molecular complexity index is 1120. The van der Waals surface area contributed by atoms with Gasteiger partial charge in [0.15, 0.2) is 0 Å². The van der Waals surface area contributed by atoms with Crippen molar-refractivity contribution in [3.8, 4) is 28.5 Å². The number of aromatic nitrogens is 2. The zero-order chi connectivity index (χ0) is 21.7. The normalized spacial score (nSPS) is 10.4. The van der Waals surface area contributed by atoms with E-state index in [9.17, 15) is 9.59 Å². The monoisotopic (exact) mass is 409 g/mol. The molecule has 0 aliphatic heterocycles. The van der Waals surface area contributed by atoms with Crippen LogP contribution < -0.4 is 25.1 Å². The number of ether oxygens (including phenoxy) is 3. The number of nitrogens with zero attached hydrogens (tertiary/aromatic N) is 2. The third-order valence-corrected chi connectivity index (χ3v) is 4.47. The lowest BCUT2D eigenvalue weighted by molar-refractivity contribution is -0.117. The summed E-state index contributed by atoms with van der Waals surface area (Å²) < 4.78 is 17.0. The van der Waals surface area contributed by atoms with Crippen LogP contribution in [-0.2, 0) is 11.3 Å². The molecule has 0 fully saturated rings. The van der Waals surface area contributed by atoms with Crippen LogP contribution in [0.4, 0.5) is 5.69 Å². The van der Waals surface area contributed by atoms with E-state index in [-0.39, 0.29) is 6.54 Å². The Labute approximate surface area is 174 Å². The molecule has 0 aliphatic rings. The number of anilines is 1. The number of hydrogen-bond acceptors (Lipinski definition) is 6. The molecule has 1 aromatic heterocycles. The average molecular weight is 409 g/mol. The lowest BCUT2D eigenvalue weighted by atomic mass is 10.1. The predicted molar refractivity (Wildman–Crippen MR) is 113 cm³/mol. The molecular weight excluding hydrogens is 386 g/mol. The summed E-state index contributed by atoms with van der Waals surface area (Å²) in [4.78, 5) is 24.9. The first-order valence-electron chi connectivity index (χ1n) is 9.20. The van der Waals surface area contributed by atoms with Gasteiger partial charge in [-0.3, -0.25) is 9.59 Å². The van der Waals surface area contributed by atoms with Crippen LogP contribution in [0, 0.1) is 6.92 Å². The zero-order valence-electron chi connectivity index (χ0n) is 17.3. The standard InChI is InChI=1S/C22H23N3O5/c1-14-5-8-20(30-4)18(11-14)23-21(26)13-25-22(27)10-7-17(24-25)16-12-15(28-2)6-9-19(16)29-3/h5-12H,13H2,1-4H3,(H,23,26). The van der Waals surface area contributed by atoms with Gasteiger partial charge in [0.1, 0.15) is 23.8 Å². The van der Waals surface area contributed by atoms with E-state index >= 15 is 0 Å². The number of amides is 1. The number of benzene rings is 2. The van der Waals surface area contributed by atoms with Crippen molar-refractivity contribution < 1.29 is 19.0 Å². The van der Waals surface area contributed by atoms with Gasteiger partial charge in [-0.15, -0.1) is 0 Å². The maximum absolute atomic E-state index is 12.6. The quantitative estimate of drug-likeness (QED) is 0.645. The highest BCUT2D eigenvalue weighted by atomic mass is 16.5. The van der Waals surface area contributed by atoms with Crippen LogP contribution in [0.5, 0.6) is 17.2 Å². The maximum Gasteiger partial charge on any atom is 0.267 e. The summed E-state index contributed by atoms with van der Waals surface area (Å²) in [6, 6.07) is 13.7. The molecule has 156 valence electrons. The first-order chi connectivity index (χ1) is 14.4. The van der Waals surface area contributed by atoms with Crippen molar-refractivity contribution in [2.24, 2.45) is 0 Å². The summed E-state index contributed by atoms with van der Waals surface area (Å²) in [5.41, 5.74) is 2.22. The second-order valence-corrected chi connectivity index (χ2v) is 6.53. The van der Waals surface area contributed by atoms with Gasteiger partial charge in [0.2, 0.25) is 5.91 Å². The molecule has 0 bridgehead atoms. The summed E-state index contributed by atoms with van der Waals surface area (Å²) in [6.45, 7) is 1.65. The molecule has 0 spiro atoms. The molecule has 0 saturated heterocycles. The maximum atomic E-state index is 12.6. The van der Waals surface area contributed by atoms with E-state index in [0.29, 0.717) is 34.2 Å². The van der Waals surface area contributed by atoms with E-state index in [1.54, 1.807) is 50.6 Å². The second-order valence-electron chi connectivity index (χ2n) is 6.53. The van der Waals surface area contributed by atoms with Crippen molar-refractivity contribution in [1.82, 2.24) is 9.78 Å². The first-order valence-corrected chi connectivity index (χ1v) is 9.20. The molecule has 0 unspecified atom stereocenters. The van der Waals surface area contributed by atoms with E-state index in [4.69, 9.17) is 14.2 Å². The van der Waals surface area contributed by atoms with Crippen LogP contribution in [0.1, 0.15) is 5.56 Å². The van der Waals surface area contributed by atoms with Crippen LogP contribution >= 0.6 is 0 Å². The largest absolute Gasteiger partial charge is 0.497 e. The van der Waals surface area contributed by atoms with Gasteiger partial charge < -0.3 is 19.5 Å². The van der Waals surface area contributed by atoms with Crippen LogP contribution in [0.15, 0.2) is 53.3 Å². The van der Waals surface area contributed by atoms with Crippen LogP contribution in [0.2, 0.25) is 0 Å². The van der Waals surface area contributed by atoms with Gasteiger partial charge in [-0.1, -0.05) is 6.07 Å². The Kier molecular flexibility index (Phi) is 6.36. The molecule has 1 heterocycles. The summed E-state index contributed by atoms with van der Waals surface area (Å²) in [7, 11) is 4.63. The lowest BCUT2D eigenvalue weighted by Gasteiger charge is -2.13. The van der Waals surface area contributed by atoms with Gasteiger partial charge in [-0.25, -0.2) is 4.68 Å². The Morgan fingerprint density at radius 3 is 2.40 bits per heavy atom. The fourth-order valence-electron chi connectivity index (χ4n) is 2.97. The summed E-state index contributed by atoms with van der Waals surface area (Å²) in [6.07, 6.45) is 0. The molecule has 0 aliphatic carbocycles. The highest BCUT2D eigenvalue weighted by Crippen LogP contribution is 2.31. The van der Waals surface area contributed by atoms with Gasteiger partial charge in [0.25, 0.3) is 5.56 Å². The van der Waals surface area contributed by atoms with Gasteiger partial charge in [-0.2, -0.15) is 5.10 Å². The minimum atomic E-state index is -0.400. The number of methoxy groups -OCH3 is 3. The predicted octanol–water partition coefficient (Wildman–Crippen LogP) is 2.88. The van der Waals surface area contributed by atoms with Gasteiger partial charge in [-0.05, 0) is 48.9 Å². The van der Waals surface area contributed by atoms with E-state index in [1.165, 1.54) is 13.2 Å². The van der Waals surface area contributed by atoms with Crippen molar-refractivity contribution in [3.63, 3.8) is 0 Å². The molecule has 1 N–H and O–H groups in total. The SMILES string of the molecule is COc1ccc(OC)c(-c2ccc(=O)n(CC(=O)Nc3cc(C)ccc3OC)n2)c1. The van der Waals surface area contributed by atoms with Gasteiger partial charge in [0, 0.05) is 11.6 Å². The van der Waals surface area contributed by atoms with Crippen molar-refractivity contribution in [2.45, 2.75) is 13.5 Å². The van der Waals surface area contributed by atoms with Crippen molar-refractivity contribution >= 4 is 11.6 Å². The summed E-state index contributed by atoms with van der Waals surface area (Å²) in [5.74, 6) is 1.32. The minimum Gasteiger partial charge on any atom is -0.497 e. The number of nitrogens with one attached hydrogen (secondary N) is 1. The number of carbonyl (C=O) groups is 1. The third-order valence-electron chi connectivity index (χ3n) is 4.47. The lowest BCUT2D eigenvalue weighted by Crippen LogP contribution is -2.29. The molecule has 30 heavy (non-hydrogen) atoms. The Morgan fingerprint density at radius 2 is 1.70 bits per heavy atom. The number of carbonyl (C=O) groups excluding carboxylic acids is 1. The second kappa shape index (κ2) is 9.13. The van der Waals surface area contributed by atoms with Crippen molar-refractivity contribution in [2.75, 3.05) is 26.6 Å². The van der Waals surface area contributed by atoms with E-state index in [1.807, 2.05) is 13.0 Å². The average Bonchev–Trinajstić information content (AvgIpc) is 2.75. The third kappa shape index (κ3) is 4.60. The zero-order valence-corrected chi connectivity index (χ0v) is 17.3. The fourth-order valence-corrected chi connectivity index (χ4v) is 2.97. The first kappa shape index (κ1) is 20.9. The molecule has 3 aromatic rings. The highest BCUT2D eigenvalue weighted by Gasteiger charge is 2.14. The molecule has 8 heteroatoms. The highest BCUT2D eigenvalue weighted by molar-refractivity contribution is 5.92. The van der Waals surface area contributed by atoms with Gasteiger partial charge >= 0.3 is 0 Å². The summed E-state index contributed by atoms with van der Waals surface area (Å²) in [5, 5.41) is 7.11. The molecular formula is C22H23N3O5. The Hall–Kier alpha value is -3.81. The molecule has 0 atom stereocenters. The molecule has 8 nitrogen and oxygen atoms in total. The van der Waals surface area contributed by atoms with E-state index in [0.717, 1.165) is 10.2 Å². The molecule has 3 rings (SSSR count). The smallest absolute Gasteiger partial charge is 0.267 e. The van der Waals surface area contributed by atoms with Crippen molar-refractivity contribution in [1.29, 1.82) is 0 Å². The van der Waals surface area contributed by atoms with E-state index < -0.39 is 11.5 Å². The van der Waals surface area contributed by atoms with Crippen LogP contribution in [0.3, 0.4) is 0 Å². The van der Waals surface area contributed by atoms with Crippen LogP contribution in [-0.4, -0.2) is 37.0 Å².